The Balaban J connectivity index is 2.86. The molecule has 108 valence electrons. The molecule has 1 unspecified atom stereocenters. The zero-order chi connectivity index (χ0) is 14.1. The standard InChI is InChI=1S/C18H31N/c1-5-8-16(9-6-2)18(19-14-7-3)17-12-10-15(4)11-13-17/h10-13,16,18-19H,5-9,14H2,1-4H3. The highest BCUT2D eigenvalue weighted by Gasteiger charge is 2.21. The molecule has 0 aliphatic rings. The van der Waals surface area contributed by atoms with Crippen LogP contribution < -0.4 is 5.32 Å². The number of rotatable bonds is 9. The number of aryl methyl sites for hydroxylation is 1. The highest BCUT2D eigenvalue weighted by Crippen LogP contribution is 2.30. The zero-order valence-corrected chi connectivity index (χ0v) is 13.2. The van der Waals surface area contributed by atoms with Gasteiger partial charge in [-0.2, -0.15) is 0 Å². The van der Waals surface area contributed by atoms with Gasteiger partial charge in [0.2, 0.25) is 0 Å². The van der Waals surface area contributed by atoms with Crippen molar-refractivity contribution in [2.75, 3.05) is 6.54 Å². The first-order valence-corrected chi connectivity index (χ1v) is 8.02. The van der Waals surface area contributed by atoms with E-state index >= 15 is 0 Å². The maximum absolute atomic E-state index is 3.77. The molecule has 0 saturated heterocycles. The highest BCUT2D eigenvalue weighted by atomic mass is 14.9. The zero-order valence-electron chi connectivity index (χ0n) is 13.2. The molecule has 1 aromatic carbocycles. The van der Waals surface area contributed by atoms with Crippen molar-refractivity contribution in [1.29, 1.82) is 0 Å². The molecule has 0 aliphatic carbocycles. The Morgan fingerprint density at radius 1 is 0.895 bits per heavy atom. The van der Waals surface area contributed by atoms with Crippen LogP contribution in [0.5, 0.6) is 0 Å². The second kappa shape index (κ2) is 9.14. The minimum absolute atomic E-state index is 0.528. The van der Waals surface area contributed by atoms with Gasteiger partial charge in [0.1, 0.15) is 0 Å². The molecule has 1 atom stereocenters. The van der Waals surface area contributed by atoms with E-state index in [0.29, 0.717) is 6.04 Å². The van der Waals surface area contributed by atoms with E-state index in [2.05, 4.69) is 57.3 Å². The molecule has 0 bridgehead atoms. The summed E-state index contributed by atoms with van der Waals surface area (Å²) >= 11 is 0. The molecule has 1 N–H and O–H groups in total. The van der Waals surface area contributed by atoms with Crippen molar-refractivity contribution in [1.82, 2.24) is 5.32 Å². The van der Waals surface area contributed by atoms with Crippen LogP contribution in [0.4, 0.5) is 0 Å². The Morgan fingerprint density at radius 3 is 1.95 bits per heavy atom. The van der Waals surface area contributed by atoms with Crippen molar-refractivity contribution in [2.45, 2.75) is 65.8 Å². The lowest BCUT2D eigenvalue weighted by Crippen LogP contribution is -2.29. The van der Waals surface area contributed by atoms with Crippen LogP contribution in [0.25, 0.3) is 0 Å². The van der Waals surface area contributed by atoms with Crippen LogP contribution in [0.2, 0.25) is 0 Å². The quantitative estimate of drug-likeness (QED) is 0.640. The van der Waals surface area contributed by atoms with Crippen molar-refractivity contribution >= 4 is 0 Å². The molecule has 0 saturated carbocycles. The van der Waals surface area contributed by atoms with E-state index in [1.807, 2.05) is 0 Å². The van der Waals surface area contributed by atoms with E-state index in [0.717, 1.165) is 12.5 Å². The van der Waals surface area contributed by atoms with Gasteiger partial charge in [-0.3, -0.25) is 0 Å². The molecular weight excluding hydrogens is 230 g/mol. The van der Waals surface area contributed by atoms with Gasteiger partial charge in [-0.1, -0.05) is 63.4 Å². The summed E-state index contributed by atoms with van der Waals surface area (Å²) in [7, 11) is 0. The molecule has 0 amide bonds. The third-order valence-corrected chi connectivity index (χ3v) is 3.84. The van der Waals surface area contributed by atoms with E-state index in [1.54, 1.807) is 0 Å². The molecule has 0 heterocycles. The molecule has 0 radical (unpaired) electrons. The van der Waals surface area contributed by atoms with E-state index in [-0.39, 0.29) is 0 Å². The van der Waals surface area contributed by atoms with Crippen molar-refractivity contribution < 1.29 is 0 Å². The van der Waals surface area contributed by atoms with Gasteiger partial charge in [0.15, 0.2) is 0 Å². The van der Waals surface area contributed by atoms with E-state index in [9.17, 15) is 0 Å². The van der Waals surface area contributed by atoms with E-state index < -0.39 is 0 Å². The molecule has 1 rings (SSSR count). The van der Waals surface area contributed by atoms with Gasteiger partial charge in [-0.05, 0) is 44.2 Å². The topological polar surface area (TPSA) is 12.0 Å². The van der Waals surface area contributed by atoms with Crippen LogP contribution >= 0.6 is 0 Å². The second-order valence-corrected chi connectivity index (χ2v) is 5.68. The molecule has 0 fully saturated rings. The van der Waals surface area contributed by atoms with Gasteiger partial charge in [0, 0.05) is 6.04 Å². The summed E-state index contributed by atoms with van der Waals surface area (Å²) in [6.45, 7) is 10.1. The SMILES string of the molecule is CCCNC(c1ccc(C)cc1)C(CCC)CCC. The molecule has 0 spiro atoms. The summed E-state index contributed by atoms with van der Waals surface area (Å²) in [5.74, 6) is 0.768. The maximum Gasteiger partial charge on any atom is 0.0348 e. The molecule has 19 heavy (non-hydrogen) atoms. The highest BCUT2D eigenvalue weighted by molar-refractivity contribution is 5.24. The van der Waals surface area contributed by atoms with E-state index in [4.69, 9.17) is 0 Å². The first kappa shape index (κ1) is 16.2. The van der Waals surface area contributed by atoms with Gasteiger partial charge in [0.25, 0.3) is 0 Å². The Morgan fingerprint density at radius 2 is 1.47 bits per heavy atom. The lowest BCUT2D eigenvalue weighted by atomic mass is 9.86. The fraction of sp³-hybridized carbons (Fsp3) is 0.667. The predicted molar refractivity (Wildman–Crippen MR) is 85.5 cm³/mol. The number of nitrogens with one attached hydrogen (secondary N) is 1. The number of benzene rings is 1. The van der Waals surface area contributed by atoms with Crippen LogP contribution in [-0.4, -0.2) is 6.54 Å². The van der Waals surface area contributed by atoms with Crippen LogP contribution in [0, 0.1) is 12.8 Å². The second-order valence-electron chi connectivity index (χ2n) is 5.68. The molecule has 1 aromatic rings. The Hall–Kier alpha value is -0.820. The molecule has 1 nitrogen and oxygen atoms in total. The van der Waals surface area contributed by atoms with Crippen LogP contribution in [0.3, 0.4) is 0 Å². The van der Waals surface area contributed by atoms with Crippen LogP contribution in [0.15, 0.2) is 24.3 Å². The third kappa shape index (κ3) is 5.36. The van der Waals surface area contributed by atoms with Gasteiger partial charge >= 0.3 is 0 Å². The van der Waals surface area contributed by atoms with Crippen molar-refractivity contribution in [3.8, 4) is 0 Å². The first-order chi connectivity index (χ1) is 9.22. The smallest absolute Gasteiger partial charge is 0.0348 e. The minimum Gasteiger partial charge on any atom is -0.310 e. The fourth-order valence-corrected chi connectivity index (χ4v) is 2.85. The summed E-state index contributed by atoms with van der Waals surface area (Å²) in [4.78, 5) is 0. The average molecular weight is 261 g/mol. The molecular formula is C18H31N. The summed E-state index contributed by atoms with van der Waals surface area (Å²) in [5, 5.41) is 3.77. The van der Waals surface area contributed by atoms with Crippen LogP contribution in [0.1, 0.15) is 70.0 Å². The summed E-state index contributed by atoms with van der Waals surface area (Å²) in [6, 6.07) is 9.62. The number of hydrogen-bond acceptors (Lipinski definition) is 1. The normalized spacial score (nSPS) is 12.9. The Labute approximate surface area is 119 Å². The van der Waals surface area contributed by atoms with Crippen molar-refractivity contribution in [2.24, 2.45) is 5.92 Å². The third-order valence-electron chi connectivity index (χ3n) is 3.84. The summed E-state index contributed by atoms with van der Waals surface area (Å²) in [5.41, 5.74) is 2.81. The Kier molecular flexibility index (Phi) is 7.81. The van der Waals surface area contributed by atoms with Gasteiger partial charge in [-0.15, -0.1) is 0 Å². The van der Waals surface area contributed by atoms with Crippen molar-refractivity contribution in [3.05, 3.63) is 35.4 Å². The minimum atomic E-state index is 0.528. The van der Waals surface area contributed by atoms with Crippen LogP contribution in [-0.2, 0) is 0 Å². The van der Waals surface area contributed by atoms with Gasteiger partial charge < -0.3 is 5.32 Å². The lowest BCUT2D eigenvalue weighted by molar-refractivity contribution is 0.316. The summed E-state index contributed by atoms with van der Waals surface area (Å²) < 4.78 is 0. The lowest BCUT2D eigenvalue weighted by Gasteiger charge is -2.28. The molecule has 0 aromatic heterocycles. The van der Waals surface area contributed by atoms with Crippen molar-refractivity contribution in [3.63, 3.8) is 0 Å². The monoisotopic (exact) mass is 261 g/mol. The van der Waals surface area contributed by atoms with Gasteiger partial charge in [-0.25, -0.2) is 0 Å². The largest absolute Gasteiger partial charge is 0.310 e. The molecule has 1 heteroatoms. The number of hydrogen-bond donors (Lipinski definition) is 1. The average Bonchev–Trinajstić information content (AvgIpc) is 2.41. The molecule has 0 aliphatic heterocycles. The fourth-order valence-electron chi connectivity index (χ4n) is 2.85. The van der Waals surface area contributed by atoms with E-state index in [1.165, 1.54) is 43.2 Å². The van der Waals surface area contributed by atoms with Gasteiger partial charge in [0.05, 0.1) is 0 Å². The first-order valence-electron chi connectivity index (χ1n) is 8.02. The Bertz CT molecular complexity index is 322. The summed E-state index contributed by atoms with van der Waals surface area (Å²) in [6.07, 6.45) is 6.40. The maximum atomic E-state index is 3.77. The predicted octanol–water partition coefficient (Wildman–Crippen LogP) is 5.25.